The van der Waals surface area contributed by atoms with Gasteiger partial charge in [-0.25, -0.2) is 0 Å². The van der Waals surface area contributed by atoms with Crippen LogP contribution in [-0.4, -0.2) is 48.6 Å². The molecule has 1 aromatic rings. The summed E-state index contributed by atoms with van der Waals surface area (Å²) >= 11 is 0. The molecule has 1 saturated heterocycles. The fraction of sp³-hybridized carbons (Fsp3) is 0.611. The molecule has 1 aliphatic carbocycles. The van der Waals surface area contributed by atoms with Crippen molar-refractivity contribution >= 4 is 0 Å². The van der Waals surface area contributed by atoms with Crippen LogP contribution in [0.25, 0.3) is 0 Å². The molecule has 1 aromatic carbocycles. The Bertz CT molecular complexity index is 465. The maximum absolute atomic E-state index is 9.45. The molecule has 1 unspecified atom stereocenters. The van der Waals surface area contributed by atoms with Gasteiger partial charge in [0.2, 0.25) is 0 Å². The third-order valence-electron chi connectivity index (χ3n) is 5.05. The summed E-state index contributed by atoms with van der Waals surface area (Å²) in [6, 6.07) is 13.5. The van der Waals surface area contributed by atoms with Crippen molar-refractivity contribution < 1.29 is 0 Å². The lowest BCUT2D eigenvalue weighted by atomic mass is 10.00. The Morgan fingerprint density at radius 2 is 1.71 bits per heavy atom. The molecular formula is C18H25N3. The van der Waals surface area contributed by atoms with E-state index in [0.29, 0.717) is 0 Å². The van der Waals surface area contributed by atoms with E-state index < -0.39 is 0 Å². The molecule has 1 atom stereocenters. The Labute approximate surface area is 128 Å². The zero-order chi connectivity index (χ0) is 14.5. The fourth-order valence-corrected chi connectivity index (χ4v) is 3.74. The number of nitriles is 1. The lowest BCUT2D eigenvalue weighted by Crippen LogP contribution is -2.50. The summed E-state index contributed by atoms with van der Waals surface area (Å²) in [5, 5.41) is 9.45. The van der Waals surface area contributed by atoms with Gasteiger partial charge in [-0.2, -0.15) is 5.26 Å². The fourth-order valence-electron chi connectivity index (χ4n) is 3.74. The highest BCUT2D eigenvalue weighted by molar-refractivity contribution is 5.25. The molecule has 2 fully saturated rings. The Morgan fingerprint density at radius 3 is 2.33 bits per heavy atom. The minimum absolute atomic E-state index is 0.00392. The van der Waals surface area contributed by atoms with Gasteiger partial charge >= 0.3 is 0 Å². The zero-order valence-electron chi connectivity index (χ0n) is 12.7. The van der Waals surface area contributed by atoms with E-state index in [1.165, 1.54) is 38.8 Å². The van der Waals surface area contributed by atoms with Gasteiger partial charge < -0.3 is 0 Å². The summed E-state index contributed by atoms with van der Waals surface area (Å²) in [6.07, 6.45) is 5.61. The van der Waals surface area contributed by atoms with Gasteiger partial charge in [0.25, 0.3) is 0 Å². The largest absolute Gasteiger partial charge is 0.299 e. The summed E-state index contributed by atoms with van der Waals surface area (Å²) < 4.78 is 0. The molecule has 112 valence electrons. The van der Waals surface area contributed by atoms with Crippen LogP contribution < -0.4 is 0 Å². The van der Waals surface area contributed by atoms with Gasteiger partial charge in [-0.1, -0.05) is 43.2 Å². The lowest BCUT2D eigenvalue weighted by Gasteiger charge is -2.38. The van der Waals surface area contributed by atoms with Crippen LogP contribution in [0, 0.1) is 11.3 Å². The number of hydrogen-bond acceptors (Lipinski definition) is 3. The molecule has 0 spiro atoms. The summed E-state index contributed by atoms with van der Waals surface area (Å²) in [4.78, 5) is 5.14. The molecule has 3 heteroatoms. The number of hydrogen-bond donors (Lipinski definition) is 0. The molecule has 1 aliphatic heterocycles. The van der Waals surface area contributed by atoms with Gasteiger partial charge in [0.05, 0.1) is 12.0 Å². The molecule has 2 aliphatic rings. The summed E-state index contributed by atoms with van der Waals surface area (Å²) in [5.74, 6) is 0.00392. The predicted octanol–water partition coefficient (Wildman–Crippen LogP) is 2.85. The normalized spacial score (nSPS) is 23.0. The predicted molar refractivity (Wildman–Crippen MR) is 85.1 cm³/mol. The SMILES string of the molecule is N#CC(CN1CCN(C2CCCC2)CC1)c1ccccc1. The number of nitrogens with zero attached hydrogens (tertiary/aromatic N) is 3. The van der Waals surface area contributed by atoms with E-state index in [4.69, 9.17) is 0 Å². The summed E-state index contributed by atoms with van der Waals surface area (Å²) in [6.45, 7) is 5.46. The van der Waals surface area contributed by atoms with E-state index in [1.54, 1.807) is 0 Å². The van der Waals surface area contributed by atoms with Gasteiger partial charge in [-0.05, 0) is 18.4 Å². The molecule has 0 bridgehead atoms. The standard InChI is InChI=1S/C18H25N3/c19-14-17(16-6-2-1-3-7-16)15-20-10-12-21(13-11-20)18-8-4-5-9-18/h1-3,6-7,17-18H,4-5,8-13,15H2. The number of benzene rings is 1. The maximum atomic E-state index is 9.45. The van der Waals surface area contributed by atoms with E-state index in [2.05, 4.69) is 28.0 Å². The molecule has 0 aromatic heterocycles. The molecule has 3 nitrogen and oxygen atoms in total. The van der Waals surface area contributed by atoms with Crippen LogP contribution in [0.1, 0.15) is 37.2 Å². The first-order chi connectivity index (χ1) is 10.4. The van der Waals surface area contributed by atoms with Gasteiger partial charge in [0.15, 0.2) is 0 Å². The second kappa shape index (κ2) is 7.06. The highest BCUT2D eigenvalue weighted by atomic mass is 15.3. The Hall–Kier alpha value is -1.37. The van der Waals surface area contributed by atoms with E-state index in [1.807, 2.05) is 18.2 Å². The van der Waals surface area contributed by atoms with Crippen molar-refractivity contribution in [2.45, 2.75) is 37.6 Å². The lowest BCUT2D eigenvalue weighted by molar-refractivity contribution is 0.0967. The maximum Gasteiger partial charge on any atom is 0.0839 e. The van der Waals surface area contributed by atoms with Crippen molar-refractivity contribution in [3.63, 3.8) is 0 Å². The smallest absolute Gasteiger partial charge is 0.0839 e. The summed E-state index contributed by atoms with van der Waals surface area (Å²) in [5.41, 5.74) is 1.15. The quantitative estimate of drug-likeness (QED) is 0.851. The second-order valence-electron chi connectivity index (χ2n) is 6.37. The Kier molecular flexibility index (Phi) is 4.90. The molecule has 0 N–H and O–H groups in total. The summed E-state index contributed by atoms with van der Waals surface area (Å²) in [7, 11) is 0. The monoisotopic (exact) mass is 283 g/mol. The first-order valence-corrected chi connectivity index (χ1v) is 8.28. The van der Waals surface area contributed by atoms with E-state index in [9.17, 15) is 5.26 Å². The Balaban J connectivity index is 1.51. The zero-order valence-corrected chi connectivity index (χ0v) is 12.7. The molecule has 0 radical (unpaired) electrons. The molecule has 21 heavy (non-hydrogen) atoms. The average molecular weight is 283 g/mol. The van der Waals surface area contributed by atoms with Crippen molar-refractivity contribution in [2.75, 3.05) is 32.7 Å². The van der Waals surface area contributed by atoms with Crippen LogP contribution in [0.5, 0.6) is 0 Å². The first kappa shape index (κ1) is 14.6. The van der Waals surface area contributed by atoms with Crippen LogP contribution in [0.3, 0.4) is 0 Å². The van der Waals surface area contributed by atoms with Gasteiger partial charge in [-0.3, -0.25) is 9.80 Å². The van der Waals surface area contributed by atoms with Crippen molar-refractivity contribution in [1.82, 2.24) is 9.80 Å². The third kappa shape index (κ3) is 3.64. The van der Waals surface area contributed by atoms with Crippen molar-refractivity contribution in [3.8, 4) is 6.07 Å². The highest BCUT2D eigenvalue weighted by Gasteiger charge is 2.27. The van der Waals surface area contributed by atoms with Crippen molar-refractivity contribution in [3.05, 3.63) is 35.9 Å². The van der Waals surface area contributed by atoms with Gasteiger partial charge in [0.1, 0.15) is 0 Å². The first-order valence-electron chi connectivity index (χ1n) is 8.28. The molecule has 1 saturated carbocycles. The van der Waals surface area contributed by atoms with Crippen molar-refractivity contribution in [2.24, 2.45) is 0 Å². The average Bonchev–Trinajstić information content (AvgIpc) is 3.08. The van der Waals surface area contributed by atoms with Crippen molar-refractivity contribution in [1.29, 1.82) is 5.26 Å². The van der Waals surface area contributed by atoms with Crippen LogP contribution in [0.4, 0.5) is 0 Å². The van der Waals surface area contributed by atoms with E-state index >= 15 is 0 Å². The molecule has 3 rings (SSSR count). The molecule has 1 heterocycles. The third-order valence-corrected chi connectivity index (χ3v) is 5.05. The minimum Gasteiger partial charge on any atom is -0.299 e. The van der Waals surface area contributed by atoms with Crippen LogP contribution in [0.2, 0.25) is 0 Å². The van der Waals surface area contributed by atoms with Crippen LogP contribution >= 0.6 is 0 Å². The topological polar surface area (TPSA) is 30.3 Å². The molecular weight excluding hydrogens is 258 g/mol. The second-order valence-corrected chi connectivity index (χ2v) is 6.37. The van der Waals surface area contributed by atoms with E-state index in [0.717, 1.165) is 31.2 Å². The minimum atomic E-state index is 0.00392. The van der Waals surface area contributed by atoms with Gasteiger partial charge in [0, 0.05) is 38.8 Å². The number of piperazine rings is 1. The van der Waals surface area contributed by atoms with Gasteiger partial charge in [-0.15, -0.1) is 0 Å². The Morgan fingerprint density at radius 1 is 1.05 bits per heavy atom. The molecule has 0 amide bonds. The van der Waals surface area contributed by atoms with Crippen LogP contribution in [0.15, 0.2) is 30.3 Å². The van der Waals surface area contributed by atoms with Crippen LogP contribution in [-0.2, 0) is 0 Å². The van der Waals surface area contributed by atoms with E-state index in [-0.39, 0.29) is 5.92 Å². The highest BCUT2D eigenvalue weighted by Crippen LogP contribution is 2.25. The number of rotatable bonds is 4.